The lowest BCUT2D eigenvalue weighted by Crippen LogP contribution is -2.31. The zero-order chi connectivity index (χ0) is 25.4. The monoisotopic (exact) mass is 490 g/mol. The summed E-state index contributed by atoms with van der Waals surface area (Å²) in [7, 11) is 1.55. The molecule has 0 saturated carbocycles. The zero-order valence-corrected chi connectivity index (χ0v) is 20.5. The fourth-order valence-corrected chi connectivity index (χ4v) is 4.98. The number of hydrogen-bond acceptors (Lipinski definition) is 5. The molecule has 0 amide bonds. The zero-order valence-electron chi connectivity index (χ0n) is 20.5. The van der Waals surface area contributed by atoms with Crippen LogP contribution >= 0.6 is 0 Å². The Hall–Kier alpha value is -3.87. The van der Waals surface area contributed by atoms with E-state index in [2.05, 4.69) is 24.5 Å². The van der Waals surface area contributed by atoms with Crippen LogP contribution in [0.5, 0.6) is 11.5 Å². The highest BCUT2D eigenvalue weighted by Crippen LogP contribution is 2.45. The summed E-state index contributed by atoms with van der Waals surface area (Å²) in [6.45, 7) is 4.22. The molecule has 0 fully saturated rings. The maximum absolute atomic E-state index is 14.1. The molecule has 0 aromatic heterocycles. The number of ketones is 1. The first-order chi connectivity index (χ1) is 17.2. The van der Waals surface area contributed by atoms with Crippen molar-refractivity contribution in [2.45, 2.75) is 39.3 Å². The second-order valence-corrected chi connectivity index (χ2v) is 10.0. The Morgan fingerprint density at radius 3 is 2.47 bits per heavy atom. The van der Waals surface area contributed by atoms with E-state index in [-0.39, 0.29) is 23.6 Å². The first-order valence-electron chi connectivity index (χ1n) is 11.9. The molecular weight excluding hydrogens is 462 g/mol. The molecule has 5 rings (SSSR count). The van der Waals surface area contributed by atoms with Gasteiger partial charge in [-0.2, -0.15) is 0 Å². The van der Waals surface area contributed by atoms with Gasteiger partial charge in [-0.1, -0.05) is 32.0 Å². The summed E-state index contributed by atoms with van der Waals surface area (Å²) >= 11 is 0. The fourth-order valence-electron chi connectivity index (χ4n) is 4.98. The molecule has 1 aliphatic heterocycles. The Morgan fingerprint density at radius 1 is 0.972 bits per heavy atom. The average molecular weight is 491 g/mol. The molecule has 1 heterocycles. The number of fused-ring (bicyclic) bond motifs is 1. The van der Waals surface area contributed by atoms with E-state index in [1.807, 2.05) is 42.5 Å². The molecule has 3 aromatic rings. The van der Waals surface area contributed by atoms with Crippen molar-refractivity contribution in [3.05, 3.63) is 94.7 Å². The van der Waals surface area contributed by atoms with Crippen LogP contribution in [-0.2, 0) is 11.4 Å². The summed E-state index contributed by atoms with van der Waals surface area (Å²) in [5, 5.41) is 7.08. The number of carbonyl (C=O) groups excluding carboxylic acids is 1. The van der Waals surface area contributed by atoms with Crippen molar-refractivity contribution >= 4 is 17.2 Å². The van der Waals surface area contributed by atoms with Gasteiger partial charge in [-0.25, -0.2) is 8.78 Å². The molecule has 2 aliphatic rings. The smallest absolute Gasteiger partial charge is 0.167 e. The van der Waals surface area contributed by atoms with Crippen LogP contribution < -0.4 is 20.1 Å². The molecule has 1 unspecified atom stereocenters. The van der Waals surface area contributed by atoms with Crippen LogP contribution in [0.3, 0.4) is 0 Å². The second-order valence-electron chi connectivity index (χ2n) is 10.0. The molecule has 0 spiro atoms. The molecule has 0 radical (unpaired) electrons. The van der Waals surface area contributed by atoms with Gasteiger partial charge in [-0.3, -0.25) is 4.79 Å². The van der Waals surface area contributed by atoms with E-state index in [9.17, 15) is 13.6 Å². The van der Waals surface area contributed by atoms with Crippen molar-refractivity contribution < 1.29 is 23.0 Å². The first-order valence-corrected chi connectivity index (χ1v) is 11.9. The van der Waals surface area contributed by atoms with Crippen molar-refractivity contribution in [2.24, 2.45) is 5.41 Å². The van der Waals surface area contributed by atoms with Crippen LogP contribution in [0.25, 0.3) is 0 Å². The van der Waals surface area contributed by atoms with Crippen LogP contribution in [0.4, 0.5) is 20.2 Å². The molecule has 7 heteroatoms. The highest BCUT2D eigenvalue weighted by molar-refractivity contribution is 6.01. The third kappa shape index (κ3) is 4.65. The largest absolute Gasteiger partial charge is 0.496 e. The number of allylic oxidation sites excluding steroid dienone is 1. The van der Waals surface area contributed by atoms with Gasteiger partial charge in [0.15, 0.2) is 17.3 Å². The minimum atomic E-state index is -0.775. The number of carbonyl (C=O) groups is 1. The molecule has 1 atom stereocenters. The minimum absolute atomic E-state index is 0.00794. The van der Waals surface area contributed by atoms with Gasteiger partial charge in [-0.05, 0) is 53.8 Å². The third-order valence-corrected chi connectivity index (χ3v) is 6.64. The Balaban J connectivity index is 1.54. The lowest BCUT2D eigenvalue weighted by Gasteiger charge is -2.34. The number of Topliss-reactive ketones (excluding diaryl/α,β-unsaturated/α-hetero) is 1. The van der Waals surface area contributed by atoms with E-state index in [0.717, 1.165) is 41.2 Å². The van der Waals surface area contributed by atoms with Gasteiger partial charge < -0.3 is 20.1 Å². The standard InChI is InChI=1S/C29H28F2N2O3/c1-29(2)14-23-27(24(34)15-29)28(33-22-7-5-4-6-21(22)32-23)17-8-10-25(35-3)18(12-17)16-36-26-11-9-19(30)13-20(26)31/h4-13,28,32-33H,14-16H2,1-3H3. The van der Waals surface area contributed by atoms with E-state index in [1.54, 1.807) is 7.11 Å². The predicted molar refractivity (Wildman–Crippen MR) is 135 cm³/mol. The van der Waals surface area contributed by atoms with Crippen LogP contribution in [-0.4, -0.2) is 12.9 Å². The summed E-state index contributed by atoms with van der Waals surface area (Å²) in [4.78, 5) is 13.5. The van der Waals surface area contributed by atoms with Crippen molar-refractivity contribution in [1.82, 2.24) is 0 Å². The quantitative estimate of drug-likeness (QED) is 0.413. The van der Waals surface area contributed by atoms with Gasteiger partial charge in [0.2, 0.25) is 0 Å². The number of benzene rings is 3. The van der Waals surface area contributed by atoms with E-state index in [1.165, 1.54) is 6.07 Å². The maximum Gasteiger partial charge on any atom is 0.167 e. The lowest BCUT2D eigenvalue weighted by atomic mass is 9.73. The molecule has 36 heavy (non-hydrogen) atoms. The Kier molecular flexibility index (Phi) is 6.16. The molecule has 2 N–H and O–H groups in total. The molecule has 0 saturated heterocycles. The van der Waals surface area contributed by atoms with Crippen LogP contribution in [0.2, 0.25) is 0 Å². The number of para-hydroxylation sites is 2. The summed E-state index contributed by atoms with van der Waals surface area (Å²) in [5.41, 5.74) is 4.83. The Bertz CT molecular complexity index is 1370. The number of halogens is 2. The molecular formula is C29H28F2N2O3. The maximum atomic E-state index is 14.1. The van der Waals surface area contributed by atoms with Crippen molar-refractivity contribution in [1.29, 1.82) is 0 Å². The van der Waals surface area contributed by atoms with E-state index < -0.39 is 17.7 Å². The van der Waals surface area contributed by atoms with E-state index in [0.29, 0.717) is 23.3 Å². The highest BCUT2D eigenvalue weighted by atomic mass is 19.1. The Labute approximate surface area is 209 Å². The van der Waals surface area contributed by atoms with Gasteiger partial charge in [0.05, 0.1) is 24.5 Å². The summed E-state index contributed by atoms with van der Waals surface area (Å²) in [6.07, 6.45) is 1.20. The lowest BCUT2D eigenvalue weighted by molar-refractivity contribution is -0.118. The summed E-state index contributed by atoms with van der Waals surface area (Å²) in [5.74, 6) is -0.829. The molecule has 3 aromatic carbocycles. The summed E-state index contributed by atoms with van der Waals surface area (Å²) in [6, 6.07) is 16.3. The van der Waals surface area contributed by atoms with E-state index in [4.69, 9.17) is 9.47 Å². The third-order valence-electron chi connectivity index (χ3n) is 6.64. The van der Waals surface area contributed by atoms with Gasteiger partial charge in [0.1, 0.15) is 18.2 Å². The average Bonchev–Trinajstić information content (AvgIpc) is 2.99. The number of ether oxygens (including phenoxy) is 2. The SMILES string of the molecule is COc1ccc(C2Nc3ccccc3NC3=C2C(=O)CC(C)(C)C3)cc1COc1ccc(F)cc1F. The van der Waals surface area contributed by atoms with Gasteiger partial charge in [0.25, 0.3) is 0 Å². The van der Waals surface area contributed by atoms with Gasteiger partial charge in [0, 0.05) is 29.3 Å². The molecule has 186 valence electrons. The van der Waals surface area contributed by atoms with Gasteiger partial charge >= 0.3 is 0 Å². The van der Waals surface area contributed by atoms with Gasteiger partial charge in [-0.15, -0.1) is 0 Å². The number of rotatable bonds is 5. The summed E-state index contributed by atoms with van der Waals surface area (Å²) < 4.78 is 38.6. The van der Waals surface area contributed by atoms with Crippen molar-refractivity contribution in [3.63, 3.8) is 0 Å². The number of hydrogen-bond donors (Lipinski definition) is 2. The second kappa shape index (κ2) is 9.30. The number of anilines is 2. The topological polar surface area (TPSA) is 59.6 Å². The van der Waals surface area contributed by atoms with Crippen LogP contribution in [0.1, 0.15) is 43.9 Å². The molecule has 5 nitrogen and oxygen atoms in total. The normalized spacial score (nSPS) is 18.4. The van der Waals surface area contributed by atoms with E-state index >= 15 is 0 Å². The van der Waals surface area contributed by atoms with Crippen molar-refractivity contribution in [2.75, 3.05) is 17.7 Å². The van der Waals surface area contributed by atoms with Crippen molar-refractivity contribution in [3.8, 4) is 11.5 Å². The Morgan fingerprint density at radius 2 is 1.72 bits per heavy atom. The van der Waals surface area contributed by atoms with Crippen LogP contribution in [0, 0.1) is 17.0 Å². The number of nitrogens with one attached hydrogen (secondary N) is 2. The van der Waals surface area contributed by atoms with Crippen LogP contribution in [0.15, 0.2) is 71.9 Å². The predicted octanol–water partition coefficient (Wildman–Crippen LogP) is 6.77. The highest BCUT2D eigenvalue weighted by Gasteiger charge is 2.38. The minimum Gasteiger partial charge on any atom is -0.496 e. The first kappa shape index (κ1) is 23.9. The molecule has 0 bridgehead atoms. The molecule has 1 aliphatic carbocycles. The fraction of sp³-hybridized carbons (Fsp3) is 0.276. The number of methoxy groups -OCH3 is 1.